The van der Waals surface area contributed by atoms with E-state index < -0.39 is 36.6 Å². The lowest BCUT2D eigenvalue weighted by Crippen LogP contribution is -2.20. The number of halogens is 6. The molecular formula is C15H10F6N2O3. The molecule has 5 nitrogen and oxygen atoms in total. The average Bonchev–Trinajstić information content (AvgIpc) is 2.51. The zero-order chi connectivity index (χ0) is 19.3. The van der Waals surface area contributed by atoms with Crippen LogP contribution in [0.15, 0.2) is 36.4 Å². The zero-order valence-electron chi connectivity index (χ0n) is 12.7. The lowest BCUT2D eigenvalue weighted by molar-refractivity contribution is -0.275. The fourth-order valence-corrected chi connectivity index (χ4v) is 1.83. The van der Waals surface area contributed by atoms with Crippen molar-refractivity contribution in [2.75, 3.05) is 17.5 Å². The van der Waals surface area contributed by atoms with E-state index in [2.05, 4.69) is 20.1 Å². The Morgan fingerprint density at radius 3 is 1.85 bits per heavy atom. The van der Waals surface area contributed by atoms with Crippen LogP contribution in [0, 0.1) is 11.6 Å². The fourth-order valence-electron chi connectivity index (χ4n) is 1.83. The summed E-state index contributed by atoms with van der Waals surface area (Å²) >= 11 is 0. The third-order valence-corrected chi connectivity index (χ3v) is 2.82. The van der Waals surface area contributed by atoms with Crippen molar-refractivity contribution in [3.8, 4) is 11.5 Å². The molecule has 0 unspecified atom stereocenters. The monoisotopic (exact) mass is 380 g/mol. The Balaban J connectivity index is 2.01. The fraction of sp³-hybridized carbons (Fsp3) is 0.133. The highest BCUT2D eigenvalue weighted by Gasteiger charge is 2.32. The molecule has 0 spiro atoms. The van der Waals surface area contributed by atoms with E-state index in [1.807, 2.05) is 0 Å². The molecule has 0 aromatic heterocycles. The van der Waals surface area contributed by atoms with Gasteiger partial charge in [0.2, 0.25) is 6.86 Å². The Bertz CT molecular complexity index is 797. The summed E-state index contributed by atoms with van der Waals surface area (Å²) < 4.78 is 83.0. The molecule has 0 heterocycles. The molecule has 0 aliphatic carbocycles. The van der Waals surface area contributed by atoms with Crippen LogP contribution in [0.5, 0.6) is 11.5 Å². The average molecular weight is 380 g/mol. The minimum absolute atomic E-state index is 0.0243. The third kappa shape index (κ3) is 5.46. The number of ether oxygens (including phenoxy) is 2. The molecule has 0 bridgehead atoms. The van der Waals surface area contributed by atoms with Crippen LogP contribution in [0.2, 0.25) is 0 Å². The van der Waals surface area contributed by atoms with Gasteiger partial charge in [-0.2, -0.15) is 0 Å². The summed E-state index contributed by atoms with van der Waals surface area (Å²) in [7, 11) is 0. The van der Waals surface area contributed by atoms with Gasteiger partial charge in [-0.1, -0.05) is 0 Å². The van der Waals surface area contributed by atoms with E-state index in [0.717, 1.165) is 18.2 Å². The molecule has 0 atom stereocenters. The number of benzene rings is 2. The van der Waals surface area contributed by atoms with Crippen LogP contribution in [0.25, 0.3) is 0 Å². The molecule has 0 aliphatic heterocycles. The van der Waals surface area contributed by atoms with Gasteiger partial charge >= 0.3 is 12.4 Å². The second-order valence-corrected chi connectivity index (χ2v) is 4.67. The smallest absolute Gasteiger partial charge is 0.460 e. The van der Waals surface area contributed by atoms with Crippen molar-refractivity contribution in [3.05, 3.63) is 48.0 Å². The van der Waals surface area contributed by atoms with Crippen LogP contribution >= 0.6 is 0 Å². The molecule has 0 saturated heterocycles. The molecule has 2 N–H and O–H groups in total. The number of nitrogens with one attached hydrogen (secondary N) is 2. The van der Waals surface area contributed by atoms with Crippen LogP contribution in [-0.2, 0) is 0 Å². The maximum Gasteiger partial charge on any atom is 0.573 e. The Kier molecular flexibility index (Phi) is 5.80. The number of carbonyl (C=O) groups excluding carboxylic acids is 1. The molecule has 0 aliphatic rings. The van der Waals surface area contributed by atoms with E-state index in [4.69, 9.17) is 0 Å². The second-order valence-electron chi connectivity index (χ2n) is 4.67. The molecule has 0 fully saturated rings. The Morgan fingerprint density at radius 1 is 0.923 bits per heavy atom. The number of urea groups is 1. The Labute approximate surface area is 142 Å². The van der Waals surface area contributed by atoms with Gasteiger partial charge in [-0.25, -0.2) is 18.0 Å². The van der Waals surface area contributed by atoms with Crippen molar-refractivity contribution < 1.29 is 40.6 Å². The number of carbonyl (C=O) groups is 1. The maximum atomic E-state index is 13.5. The lowest BCUT2D eigenvalue weighted by atomic mass is 10.3. The summed E-state index contributed by atoms with van der Waals surface area (Å²) in [5.74, 6) is -3.70. The molecule has 11 heteroatoms. The van der Waals surface area contributed by atoms with Crippen molar-refractivity contribution in [2.24, 2.45) is 0 Å². The molecular weight excluding hydrogens is 370 g/mol. The summed E-state index contributed by atoms with van der Waals surface area (Å²) in [6.07, 6.45) is -5.06. The van der Waals surface area contributed by atoms with E-state index in [-0.39, 0.29) is 17.1 Å². The van der Waals surface area contributed by atoms with Gasteiger partial charge in [0.15, 0.2) is 23.1 Å². The summed E-state index contributed by atoms with van der Waals surface area (Å²) in [5, 5.41) is 4.34. The standard InChI is InChI=1S/C15H10F6N2O3/c16-7-25-12-3-1-8(5-10(12)17)22-14(24)23-9-2-4-13(11(18)6-9)26-15(19,20)21/h1-6H,7H2,(H2,22,23,24). The Hall–Kier alpha value is -3.11. The highest BCUT2D eigenvalue weighted by atomic mass is 19.4. The minimum atomic E-state index is -5.06. The summed E-state index contributed by atoms with van der Waals surface area (Å²) in [5.41, 5.74) is -0.198. The van der Waals surface area contributed by atoms with Crippen LogP contribution in [0.3, 0.4) is 0 Å². The van der Waals surface area contributed by atoms with Gasteiger partial charge in [-0.15, -0.1) is 13.2 Å². The molecule has 140 valence electrons. The topological polar surface area (TPSA) is 59.6 Å². The first-order chi connectivity index (χ1) is 12.2. The van der Waals surface area contributed by atoms with Crippen LogP contribution < -0.4 is 20.1 Å². The normalized spacial score (nSPS) is 11.0. The number of amides is 2. The van der Waals surface area contributed by atoms with Crippen LogP contribution in [0.4, 0.5) is 42.5 Å². The minimum Gasteiger partial charge on any atom is -0.460 e. The van der Waals surface area contributed by atoms with Gasteiger partial charge in [-0.3, -0.25) is 0 Å². The van der Waals surface area contributed by atoms with Crippen molar-refractivity contribution in [3.63, 3.8) is 0 Å². The quantitative estimate of drug-likeness (QED) is 0.732. The summed E-state index contributed by atoms with van der Waals surface area (Å²) in [4.78, 5) is 11.8. The van der Waals surface area contributed by atoms with E-state index in [1.165, 1.54) is 6.07 Å². The maximum absolute atomic E-state index is 13.5. The first-order valence-corrected chi connectivity index (χ1v) is 6.79. The predicted octanol–water partition coefficient (Wildman–Crippen LogP) is 4.81. The van der Waals surface area contributed by atoms with Gasteiger partial charge < -0.3 is 20.1 Å². The number of rotatable bonds is 5. The highest BCUT2D eigenvalue weighted by Crippen LogP contribution is 2.27. The molecule has 26 heavy (non-hydrogen) atoms. The lowest BCUT2D eigenvalue weighted by Gasteiger charge is -2.12. The van der Waals surface area contributed by atoms with Gasteiger partial charge in [0.25, 0.3) is 0 Å². The molecule has 2 rings (SSSR count). The number of hydrogen-bond acceptors (Lipinski definition) is 3. The molecule has 2 aromatic rings. The van der Waals surface area contributed by atoms with Gasteiger partial charge in [0.05, 0.1) is 0 Å². The largest absolute Gasteiger partial charge is 0.573 e. The zero-order valence-corrected chi connectivity index (χ0v) is 12.7. The highest BCUT2D eigenvalue weighted by molar-refractivity contribution is 5.99. The van der Waals surface area contributed by atoms with Crippen molar-refractivity contribution >= 4 is 17.4 Å². The Morgan fingerprint density at radius 2 is 1.42 bits per heavy atom. The predicted molar refractivity (Wildman–Crippen MR) is 78.7 cm³/mol. The second kappa shape index (κ2) is 7.85. The molecule has 2 aromatic carbocycles. The molecule has 2 amide bonds. The summed E-state index contributed by atoms with van der Waals surface area (Å²) in [6, 6.07) is 4.49. The molecule has 0 radical (unpaired) electrons. The van der Waals surface area contributed by atoms with Gasteiger partial charge in [0.1, 0.15) is 0 Å². The summed E-state index contributed by atoms with van der Waals surface area (Å²) in [6.45, 7) is -1.23. The third-order valence-electron chi connectivity index (χ3n) is 2.82. The van der Waals surface area contributed by atoms with Crippen molar-refractivity contribution in [2.45, 2.75) is 6.36 Å². The van der Waals surface area contributed by atoms with Crippen LogP contribution in [-0.4, -0.2) is 19.3 Å². The van der Waals surface area contributed by atoms with Crippen molar-refractivity contribution in [1.29, 1.82) is 0 Å². The van der Waals surface area contributed by atoms with E-state index >= 15 is 0 Å². The van der Waals surface area contributed by atoms with E-state index in [9.17, 15) is 31.1 Å². The first kappa shape index (κ1) is 19.2. The van der Waals surface area contributed by atoms with Gasteiger partial charge in [-0.05, 0) is 24.3 Å². The van der Waals surface area contributed by atoms with E-state index in [0.29, 0.717) is 12.1 Å². The first-order valence-electron chi connectivity index (χ1n) is 6.79. The number of hydrogen-bond donors (Lipinski definition) is 2. The van der Waals surface area contributed by atoms with Gasteiger partial charge in [0, 0.05) is 23.5 Å². The number of anilines is 2. The molecule has 0 saturated carbocycles. The SMILES string of the molecule is O=C(Nc1ccc(OCF)c(F)c1)Nc1ccc(OC(F)(F)F)c(F)c1. The number of alkyl halides is 4. The van der Waals surface area contributed by atoms with Crippen LogP contribution in [0.1, 0.15) is 0 Å². The van der Waals surface area contributed by atoms with E-state index in [1.54, 1.807) is 0 Å². The van der Waals surface area contributed by atoms with Crippen molar-refractivity contribution in [1.82, 2.24) is 0 Å².